The van der Waals surface area contributed by atoms with E-state index in [1.165, 1.54) is 11.8 Å². The molecule has 3 rings (SSSR count). The molecule has 0 unspecified atom stereocenters. The molecule has 0 saturated heterocycles. The lowest BCUT2D eigenvalue weighted by atomic mass is 10.2. The van der Waals surface area contributed by atoms with Crippen LogP contribution in [0.25, 0.3) is 0 Å². The van der Waals surface area contributed by atoms with Gasteiger partial charge >= 0.3 is 0 Å². The van der Waals surface area contributed by atoms with Crippen LogP contribution in [0.1, 0.15) is 22.1 Å². The summed E-state index contributed by atoms with van der Waals surface area (Å²) in [4.78, 5) is 17.7. The summed E-state index contributed by atoms with van der Waals surface area (Å²) in [5, 5.41) is 6.66. The zero-order chi connectivity index (χ0) is 17.6. The number of ether oxygens (including phenoxy) is 1. The van der Waals surface area contributed by atoms with Crippen LogP contribution in [-0.4, -0.2) is 23.2 Å². The fourth-order valence-electron chi connectivity index (χ4n) is 2.22. The van der Waals surface area contributed by atoms with E-state index in [9.17, 15) is 4.79 Å². The monoisotopic (exact) mass is 355 g/mol. The Kier molecular flexibility index (Phi) is 5.35. The second kappa shape index (κ2) is 7.85. The molecule has 0 atom stereocenters. The Balaban J connectivity index is 1.73. The number of rotatable bonds is 6. The summed E-state index contributed by atoms with van der Waals surface area (Å²) in [6.07, 6.45) is 0. The Morgan fingerprint density at radius 3 is 2.84 bits per heavy atom. The standard InChI is InChI=1S/C18H17N3O3S/c1-12-19-17(24-21-12)11-25-16-9-4-3-8-15(16)18(22)20-13-6-5-7-14(10-13)23-2/h3-10H,11H2,1-2H3,(H,20,22). The largest absolute Gasteiger partial charge is 0.497 e. The minimum absolute atomic E-state index is 0.182. The first-order chi connectivity index (χ1) is 12.2. The Morgan fingerprint density at radius 1 is 1.24 bits per heavy atom. The quantitative estimate of drug-likeness (QED) is 0.675. The van der Waals surface area contributed by atoms with E-state index in [1.54, 1.807) is 26.2 Å². The molecule has 0 fully saturated rings. The maximum absolute atomic E-state index is 12.6. The number of aromatic nitrogens is 2. The van der Waals surface area contributed by atoms with E-state index in [4.69, 9.17) is 9.26 Å². The third kappa shape index (κ3) is 4.39. The van der Waals surface area contributed by atoms with Gasteiger partial charge in [0, 0.05) is 16.6 Å². The maximum Gasteiger partial charge on any atom is 0.256 e. The number of carbonyl (C=O) groups excluding carboxylic acids is 1. The molecule has 3 aromatic rings. The molecule has 1 heterocycles. The minimum Gasteiger partial charge on any atom is -0.497 e. The van der Waals surface area contributed by atoms with Crippen molar-refractivity contribution in [1.29, 1.82) is 0 Å². The summed E-state index contributed by atoms with van der Waals surface area (Å²) in [7, 11) is 1.59. The van der Waals surface area contributed by atoms with E-state index < -0.39 is 0 Å². The van der Waals surface area contributed by atoms with Crippen LogP contribution in [0, 0.1) is 6.92 Å². The number of hydrogen-bond acceptors (Lipinski definition) is 6. The van der Waals surface area contributed by atoms with Gasteiger partial charge in [-0.15, -0.1) is 11.8 Å². The van der Waals surface area contributed by atoms with Gasteiger partial charge < -0.3 is 14.6 Å². The van der Waals surface area contributed by atoms with E-state index >= 15 is 0 Å². The average molecular weight is 355 g/mol. The number of amides is 1. The third-order valence-corrected chi connectivity index (χ3v) is 4.44. The van der Waals surface area contributed by atoms with Gasteiger partial charge in [0.15, 0.2) is 5.82 Å². The van der Waals surface area contributed by atoms with Gasteiger partial charge in [-0.1, -0.05) is 23.4 Å². The highest BCUT2D eigenvalue weighted by atomic mass is 32.2. The smallest absolute Gasteiger partial charge is 0.256 e. The molecule has 128 valence electrons. The number of carbonyl (C=O) groups is 1. The second-order valence-corrected chi connectivity index (χ2v) is 6.22. The normalized spacial score (nSPS) is 10.5. The highest BCUT2D eigenvalue weighted by Crippen LogP contribution is 2.27. The number of benzene rings is 2. The molecule has 0 aliphatic heterocycles. The number of aryl methyl sites for hydroxylation is 1. The predicted molar refractivity (Wildman–Crippen MR) is 96.0 cm³/mol. The van der Waals surface area contributed by atoms with Crippen molar-refractivity contribution >= 4 is 23.4 Å². The molecule has 1 N–H and O–H groups in total. The lowest BCUT2D eigenvalue weighted by Gasteiger charge is -2.10. The predicted octanol–water partition coefficient (Wildman–Crippen LogP) is 3.93. The van der Waals surface area contributed by atoms with Crippen LogP contribution in [0.15, 0.2) is 57.9 Å². The topological polar surface area (TPSA) is 77.2 Å². The van der Waals surface area contributed by atoms with Crippen LogP contribution in [0.4, 0.5) is 5.69 Å². The molecule has 0 radical (unpaired) electrons. The molecule has 0 aliphatic rings. The Morgan fingerprint density at radius 2 is 2.08 bits per heavy atom. The van der Waals surface area contributed by atoms with Crippen molar-refractivity contribution in [3.05, 3.63) is 65.8 Å². The van der Waals surface area contributed by atoms with Gasteiger partial charge in [0.1, 0.15) is 5.75 Å². The molecule has 2 aromatic carbocycles. The fourth-order valence-corrected chi connectivity index (χ4v) is 3.10. The van der Waals surface area contributed by atoms with Gasteiger partial charge in [0.25, 0.3) is 5.91 Å². The molecule has 0 aliphatic carbocycles. The molecule has 0 saturated carbocycles. The van der Waals surface area contributed by atoms with Crippen molar-refractivity contribution in [3.8, 4) is 5.75 Å². The molecular formula is C18H17N3O3S. The fraction of sp³-hybridized carbons (Fsp3) is 0.167. The Hall–Kier alpha value is -2.80. The SMILES string of the molecule is COc1cccc(NC(=O)c2ccccc2SCc2nc(C)no2)c1. The lowest BCUT2D eigenvalue weighted by molar-refractivity contribution is 0.102. The lowest BCUT2D eigenvalue weighted by Crippen LogP contribution is -2.13. The summed E-state index contributed by atoms with van der Waals surface area (Å²) in [6, 6.07) is 14.7. The number of anilines is 1. The van der Waals surface area contributed by atoms with Crippen molar-refractivity contribution < 1.29 is 14.1 Å². The molecule has 0 bridgehead atoms. The third-order valence-electron chi connectivity index (χ3n) is 3.38. The van der Waals surface area contributed by atoms with Crippen LogP contribution in [0.3, 0.4) is 0 Å². The number of nitrogens with one attached hydrogen (secondary N) is 1. The van der Waals surface area contributed by atoms with Gasteiger partial charge in [-0.05, 0) is 31.2 Å². The number of hydrogen-bond donors (Lipinski definition) is 1. The Labute approximate surface area is 149 Å². The highest BCUT2D eigenvalue weighted by molar-refractivity contribution is 7.98. The van der Waals surface area contributed by atoms with Gasteiger partial charge in [0.2, 0.25) is 5.89 Å². The summed E-state index contributed by atoms with van der Waals surface area (Å²) < 4.78 is 10.3. The molecule has 25 heavy (non-hydrogen) atoms. The number of nitrogens with zero attached hydrogens (tertiary/aromatic N) is 2. The van der Waals surface area contributed by atoms with Crippen molar-refractivity contribution in [1.82, 2.24) is 10.1 Å². The van der Waals surface area contributed by atoms with Crippen LogP contribution >= 0.6 is 11.8 Å². The van der Waals surface area contributed by atoms with Crippen molar-refractivity contribution in [3.63, 3.8) is 0 Å². The Bertz CT molecular complexity index is 879. The molecule has 1 aromatic heterocycles. The van der Waals surface area contributed by atoms with Crippen LogP contribution in [0.5, 0.6) is 5.75 Å². The average Bonchev–Trinajstić information content (AvgIpc) is 3.05. The zero-order valence-corrected chi connectivity index (χ0v) is 14.7. The first kappa shape index (κ1) is 17.0. The van der Waals surface area contributed by atoms with E-state index in [0.717, 1.165) is 4.90 Å². The van der Waals surface area contributed by atoms with E-state index in [0.29, 0.717) is 34.5 Å². The van der Waals surface area contributed by atoms with Crippen molar-refractivity contribution in [2.75, 3.05) is 12.4 Å². The van der Waals surface area contributed by atoms with Gasteiger partial charge in [-0.25, -0.2) is 0 Å². The molecule has 6 nitrogen and oxygen atoms in total. The second-order valence-electron chi connectivity index (χ2n) is 5.21. The molecule has 0 spiro atoms. The van der Waals surface area contributed by atoms with Crippen molar-refractivity contribution in [2.24, 2.45) is 0 Å². The van der Waals surface area contributed by atoms with Crippen molar-refractivity contribution in [2.45, 2.75) is 17.6 Å². The van der Waals surface area contributed by atoms with Gasteiger partial charge in [-0.3, -0.25) is 4.79 Å². The van der Waals surface area contributed by atoms with E-state index in [1.807, 2.05) is 36.4 Å². The first-order valence-corrected chi connectivity index (χ1v) is 8.60. The van der Waals surface area contributed by atoms with Crippen LogP contribution in [-0.2, 0) is 5.75 Å². The summed E-state index contributed by atoms with van der Waals surface area (Å²) in [5.41, 5.74) is 1.27. The highest BCUT2D eigenvalue weighted by Gasteiger charge is 2.13. The minimum atomic E-state index is -0.182. The number of methoxy groups -OCH3 is 1. The summed E-state index contributed by atoms with van der Waals surface area (Å²) >= 11 is 1.48. The molecule has 7 heteroatoms. The van der Waals surface area contributed by atoms with Gasteiger partial charge in [0.05, 0.1) is 18.4 Å². The van der Waals surface area contributed by atoms with Crippen LogP contribution < -0.4 is 10.1 Å². The summed E-state index contributed by atoms with van der Waals surface area (Å²) in [6.45, 7) is 1.77. The van der Waals surface area contributed by atoms with E-state index in [-0.39, 0.29) is 5.91 Å². The maximum atomic E-state index is 12.6. The summed E-state index contributed by atoms with van der Waals surface area (Å²) in [5.74, 6) is 2.14. The molecular weight excluding hydrogens is 338 g/mol. The van der Waals surface area contributed by atoms with Gasteiger partial charge in [-0.2, -0.15) is 4.98 Å². The molecule has 1 amide bonds. The van der Waals surface area contributed by atoms with Crippen LogP contribution in [0.2, 0.25) is 0 Å². The number of thioether (sulfide) groups is 1. The first-order valence-electron chi connectivity index (χ1n) is 7.62. The van der Waals surface area contributed by atoms with E-state index in [2.05, 4.69) is 15.5 Å². The zero-order valence-electron chi connectivity index (χ0n) is 13.9.